The topological polar surface area (TPSA) is 75.3 Å². The molecule has 0 radical (unpaired) electrons. The highest BCUT2D eigenvalue weighted by Crippen LogP contribution is 2.20. The van der Waals surface area contributed by atoms with E-state index in [1.54, 1.807) is 48.5 Å². The molecule has 128 valence electrons. The van der Waals surface area contributed by atoms with Crippen molar-refractivity contribution in [3.05, 3.63) is 59.1 Å². The second-order valence-electron chi connectivity index (χ2n) is 5.41. The van der Waals surface area contributed by atoms with Crippen molar-refractivity contribution in [1.82, 2.24) is 5.32 Å². The van der Waals surface area contributed by atoms with Gasteiger partial charge >= 0.3 is 6.03 Å². The van der Waals surface area contributed by atoms with Crippen LogP contribution >= 0.6 is 11.6 Å². The Morgan fingerprint density at radius 1 is 1.17 bits per heavy atom. The molecule has 0 unspecified atom stereocenters. The molecule has 1 atom stereocenters. The van der Waals surface area contributed by atoms with Crippen LogP contribution in [-0.4, -0.2) is 20.7 Å². The average molecular weight is 367 g/mol. The number of nitrogens with one attached hydrogen (secondary N) is 2. The van der Waals surface area contributed by atoms with Gasteiger partial charge < -0.3 is 10.6 Å². The summed E-state index contributed by atoms with van der Waals surface area (Å²) >= 11 is 5.89. The van der Waals surface area contributed by atoms with E-state index in [2.05, 4.69) is 10.6 Å². The van der Waals surface area contributed by atoms with Crippen LogP contribution in [-0.2, 0) is 9.84 Å². The predicted molar refractivity (Wildman–Crippen MR) is 96.2 cm³/mol. The summed E-state index contributed by atoms with van der Waals surface area (Å²) in [6.07, 6.45) is 1.83. The fourth-order valence-corrected chi connectivity index (χ4v) is 3.08. The van der Waals surface area contributed by atoms with E-state index >= 15 is 0 Å². The van der Waals surface area contributed by atoms with Crippen LogP contribution in [0.3, 0.4) is 0 Å². The smallest absolute Gasteiger partial charge is 0.319 e. The monoisotopic (exact) mass is 366 g/mol. The van der Waals surface area contributed by atoms with E-state index < -0.39 is 9.84 Å². The minimum absolute atomic E-state index is 0.224. The summed E-state index contributed by atoms with van der Waals surface area (Å²) in [5, 5.41) is 6.13. The number of carbonyl (C=O) groups is 1. The van der Waals surface area contributed by atoms with E-state index in [0.717, 1.165) is 11.8 Å². The first-order valence-electron chi connectivity index (χ1n) is 7.42. The maximum Gasteiger partial charge on any atom is 0.319 e. The van der Waals surface area contributed by atoms with Crippen molar-refractivity contribution in [3.63, 3.8) is 0 Å². The highest BCUT2D eigenvalue weighted by molar-refractivity contribution is 7.90. The van der Waals surface area contributed by atoms with Crippen molar-refractivity contribution < 1.29 is 13.2 Å². The van der Waals surface area contributed by atoms with Gasteiger partial charge in [-0.2, -0.15) is 0 Å². The van der Waals surface area contributed by atoms with Crippen LogP contribution in [0.5, 0.6) is 0 Å². The van der Waals surface area contributed by atoms with E-state index in [1.165, 1.54) is 0 Å². The van der Waals surface area contributed by atoms with Gasteiger partial charge in [0.2, 0.25) is 0 Å². The van der Waals surface area contributed by atoms with E-state index in [-0.39, 0.29) is 17.0 Å². The molecule has 0 saturated heterocycles. The standard InChI is InChI=1S/C17H19ClN2O3S/c1-3-16(12-7-9-15(10-8-12)24(2,22)23)20-17(21)19-14-6-4-5-13(18)11-14/h4-11,16H,3H2,1-2H3,(H2,19,20,21)/t16-/m0/s1. The van der Waals surface area contributed by atoms with Crippen LogP contribution in [0, 0.1) is 0 Å². The van der Waals surface area contributed by atoms with Crippen molar-refractivity contribution in [3.8, 4) is 0 Å². The highest BCUT2D eigenvalue weighted by atomic mass is 35.5. The Morgan fingerprint density at radius 3 is 2.38 bits per heavy atom. The molecule has 2 aromatic rings. The van der Waals surface area contributed by atoms with Gasteiger partial charge in [0.05, 0.1) is 10.9 Å². The van der Waals surface area contributed by atoms with Crippen LogP contribution in [0.15, 0.2) is 53.4 Å². The summed E-state index contributed by atoms with van der Waals surface area (Å²) in [6.45, 7) is 1.94. The van der Waals surface area contributed by atoms with E-state index in [4.69, 9.17) is 11.6 Å². The normalized spacial score (nSPS) is 12.5. The van der Waals surface area contributed by atoms with Crippen LogP contribution in [0.1, 0.15) is 24.9 Å². The van der Waals surface area contributed by atoms with Crippen molar-refractivity contribution in [2.24, 2.45) is 0 Å². The van der Waals surface area contributed by atoms with E-state index in [1.807, 2.05) is 6.92 Å². The van der Waals surface area contributed by atoms with Crippen molar-refractivity contribution in [1.29, 1.82) is 0 Å². The number of benzene rings is 2. The number of hydrogen-bond donors (Lipinski definition) is 2. The molecular weight excluding hydrogens is 348 g/mol. The molecule has 7 heteroatoms. The molecule has 0 spiro atoms. The molecule has 2 N–H and O–H groups in total. The fourth-order valence-electron chi connectivity index (χ4n) is 2.26. The molecule has 0 aliphatic rings. The maximum absolute atomic E-state index is 12.1. The summed E-state index contributed by atoms with van der Waals surface area (Å²) in [5.41, 5.74) is 1.44. The Morgan fingerprint density at radius 2 is 1.83 bits per heavy atom. The minimum atomic E-state index is -3.23. The van der Waals surface area contributed by atoms with Gasteiger partial charge in [-0.05, 0) is 42.3 Å². The number of anilines is 1. The molecule has 2 rings (SSSR count). The Balaban J connectivity index is 2.07. The van der Waals surface area contributed by atoms with Gasteiger partial charge in [0.25, 0.3) is 0 Å². The lowest BCUT2D eigenvalue weighted by Gasteiger charge is -2.18. The first kappa shape index (κ1) is 18.3. The molecule has 5 nitrogen and oxygen atoms in total. The zero-order valence-electron chi connectivity index (χ0n) is 13.4. The van der Waals surface area contributed by atoms with Gasteiger partial charge in [-0.25, -0.2) is 13.2 Å². The number of rotatable bonds is 5. The number of urea groups is 1. The molecule has 0 heterocycles. The zero-order valence-corrected chi connectivity index (χ0v) is 15.0. The third kappa shape index (κ3) is 4.97. The van der Waals surface area contributed by atoms with Crippen LogP contribution in [0.4, 0.5) is 10.5 Å². The van der Waals surface area contributed by atoms with E-state index in [0.29, 0.717) is 17.1 Å². The summed E-state index contributed by atoms with van der Waals surface area (Å²) in [5.74, 6) is 0. The number of sulfone groups is 1. The molecule has 0 aromatic heterocycles. The quantitative estimate of drug-likeness (QED) is 0.839. The number of carbonyl (C=O) groups excluding carboxylic acids is 1. The molecule has 2 amide bonds. The van der Waals surface area contributed by atoms with Gasteiger partial charge in [-0.3, -0.25) is 0 Å². The number of halogens is 1. The third-order valence-corrected chi connectivity index (χ3v) is 4.87. The third-order valence-electron chi connectivity index (χ3n) is 3.51. The first-order chi connectivity index (χ1) is 11.3. The lowest BCUT2D eigenvalue weighted by atomic mass is 10.1. The first-order valence-corrected chi connectivity index (χ1v) is 9.69. The van der Waals surface area contributed by atoms with Crippen molar-refractivity contribution in [2.45, 2.75) is 24.3 Å². The average Bonchev–Trinajstić information content (AvgIpc) is 2.52. The molecular formula is C17H19ClN2O3S. The van der Waals surface area contributed by atoms with Crippen LogP contribution in [0.25, 0.3) is 0 Å². The van der Waals surface area contributed by atoms with Gasteiger partial charge in [0.15, 0.2) is 9.84 Å². The SMILES string of the molecule is CC[C@H](NC(=O)Nc1cccc(Cl)c1)c1ccc(S(C)(=O)=O)cc1. The largest absolute Gasteiger partial charge is 0.331 e. The number of hydrogen-bond acceptors (Lipinski definition) is 3. The molecule has 0 fully saturated rings. The summed E-state index contributed by atoms with van der Waals surface area (Å²) in [4.78, 5) is 12.4. The van der Waals surface area contributed by atoms with Gasteiger partial charge in [-0.1, -0.05) is 36.7 Å². The minimum Gasteiger partial charge on any atom is -0.331 e. The summed E-state index contributed by atoms with van der Waals surface area (Å²) < 4.78 is 23.0. The Labute approximate surface area is 147 Å². The molecule has 24 heavy (non-hydrogen) atoms. The second-order valence-corrected chi connectivity index (χ2v) is 7.86. The van der Waals surface area contributed by atoms with Crippen molar-refractivity contribution >= 4 is 33.2 Å². The zero-order chi connectivity index (χ0) is 17.7. The molecule has 0 aliphatic heterocycles. The van der Waals surface area contributed by atoms with Gasteiger partial charge in [0.1, 0.15) is 0 Å². The molecule has 2 aromatic carbocycles. The second kappa shape index (κ2) is 7.68. The predicted octanol–water partition coefficient (Wildman–Crippen LogP) is 4.02. The van der Waals surface area contributed by atoms with Gasteiger partial charge in [0, 0.05) is 17.0 Å². The molecule has 0 aliphatic carbocycles. The fraction of sp³-hybridized carbons (Fsp3) is 0.235. The van der Waals surface area contributed by atoms with E-state index in [9.17, 15) is 13.2 Å². The Kier molecular flexibility index (Phi) is 5.85. The van der Waals surface area contributed by atoms with Gasteiger partial charge in [-0.15, -0.1) is 0 Å². The van der Waals surface area contributed by atoms with Crippen LogP contribution in [0.2, 0.25) is 5.02 Å². The lowest BCUT2D eigenvalue weighted by molar-refractivity contribution is 0.248. The van der Waals surface area contributed by atoms with Crippen molar-refractivity contribution in [2.75, 3.05) is 11.6 Å². The van der Waals surface area contributed by atoms with Crippen LogP contribution < -0.4 is 10.6 Å². The molecule has 0 bridgehead atoms. The highest BCUT2D eigenvalue weighted by Gasteiger charge is 2.14. The summed E-state index contributed by atoms with van der Waals surface area (Å²) in [7, 11) is -3.23. The Hall–Kier alpha value is -2.05. The lowest BCUT2D eigenvalue weighted by Crippen LogP contribution is -2.32. The Bertz CT molecular complexity index is 820. The molecule has 0 saturated carbocycles. The summed E-state index contributed by atoms with van der Waals surface area (Å²) in [6, 6.07) is 12.8. The maximum atomic E-state index is 12.1. The number of amides is 2.